The Balaban J connectivity index is 0.902. The molecule has 15 heteroatoms. The molecule has 10 rings (SSSR count). The summed E-state index contributed by atoms with van der Waals surface area (Å²) in [6.45, 7) is 8.18. The number of fused-ring (bicyclic) bond motifs is 6. The van der Waals surface area contributed by atoms with Crippen LogP contribution >= 0.6 is 0 Å². The first-order valence-corrected chi connectivity index (χ1v) is 22.1. The molecule has 5 aromatic rings. The molecule has 2 bridgehead atoms. The summed E-state index contributed by atoms with van der Waals surface area (Å²) in [5.41, 5.74) is 4.80. The normalized spacial score (nSPS) is 23.3. The number of halogens is 2. The number of aromatic nitrogens is 4. The number of alkyl halides is 2. The summed E-state index contributed by atoms with van der Waals surface area (Å²) in [6, 6.07) is 14.0. The molecule has 328 valence electrons. The number of methoxy groups -OCH3 is 1. The molecule has 13 nitrogen and oxygen atoms in total. The number of rotatable bonds is 11. The maximum atomic E-state index is 16.6. The topological polar surface area (TPSA) is 165 Å². The first-order valence-electron chi connectivity index (χ1n) is 22.1. The quantitative estimate of drug-likeness (QED) is 0.0978. The van der Waals surface area contributed by atoms with Crippen molar-refractivity contribution in [2.75, 3.05) is 13.7 Å². The predicted octanol–water partition coefficient (Wildman–Crippen LogP) is 8.00. The summed E-state index contributed by atoms with van der Waals surface area (Å²) in [5, 5.41) is 5.43. The Hall–Kier alpha value is -6.12. The lowest BCUT2D eigenvalue weighted by atomic mass is 9.95. The second-order valence-electron chi connectivity index (χ2n) is 19.1. The van der Waals surface area contributed by atoms with Gasteiger partial charge in [0.25, 0.3) is 5.92 Å². The van der Waals surface area contributed by atoms with E-state index in [1.807, 2.05) is 67.8 Å². The van der Waals surface area contributed by atoms with Crippen LogP contribution in [0.3, 0.4) is 0 Å². The number of carbonyl (C=O) groups is 4. The Morgan fingerprint density at radius 2 is 1.56 bits per heavy atom. The smallest absolute Gasteiger partial charge is 0.407 e. The van der Waals surface area contributed by atoms with Crippen molar-refractivity contribution in [1.82, 2.24) is 40.4 Å². The van der Waals surface area contributed by atoms with Gasteiger partial charge in [-0.3, -0.25) is 14.4 Å². The number of alkyl carbamates (subject to hydrolysis) is 1. The molecule has 63 heavy (non-hydrogen) atoms. The Kier molecular flexibility index (Phi) is 9.75. The molecule has 4 fully saturated rings. The lowest BCUT2D eigenvalue weighted by Gasteiger charge is -2.37. The van der Waals surface area contributed by atoms with Gasteiger partial charge >= 0.3 is 6.09 Å². The Morgan fingerprint density at radius 1 is 0.873 bits per heavy atom. The second-order valence-corrected chi connectivity index (χ2v) is 19.1. The molecule has 2 saturated heterocycles. The minimum atomic E-state index is -3.27. The van der Waals surface area contributed by atoms with Crippen LogP contribution in [0.25, 0.3) is 44.5 Å². The predicted molar refractivity (Wildman–Crippen MR) is 231 cm³/mol. The molecule has 2 aromatic heterocycles. The van der Waals surface area contributed by atoms with E-state index in [0.29, 0.717) is 58.1 Å². The van der Waals surface area contributed by atoms with Crippen molar-refractivity contribution in [3.8, 4) is 33.5 Å². The fraction of sp³-hybridized carbons (Fsp3) is 0.458. The standard InChI is InChI=1S/C48H52F2N8O5/c1-24(2)39(52-23-59)44(60)57-22-47(14-15-47)20-38(57)42-51-21-37(55-42)28-8-12-32-31-11-7-26(17-33(31)48(49,50)34(32)18-28)27-9-13-35-36(19-27)54-43(53-35)41-29-6-10-30(16-29)58(41)45(61)40(25(3)4)56-46(62)63-5/h7-9,11-13,17-19,21,23-25,29-30,38-41H,6,10,14-16,20,22H2,1-5H3,(H,51,55)(H,52,59)(H,53,54)(H,56,62). The van der Waals surface area contributed by atoms with Crippen LogP contribution in [-0.4, -0.2) is 85.8 Å². The van der Waals surface area contributed by atoms with Gasteiger partial charge in [-0.2, -0.15) is 8.78 Å². The molecule has 3 aromatic carbocycles. The number of imidazole rings is 2. The van der Waals surface area contributed by atoms with E-state index in [1.54, 1.807) is 24.4 Å². The van der Waals surface area contributed by atoms with Crippen molar-refractivity contribution >= 4 is 35.4 Å². The molecule has 2 aliphatic heterocycles. The Labute approximate surface area is 363 Å². The third-order valence-electron chi connectivity index (χ3n) is 14.5. The third kappa shape index (κ3) is 6.76. The van der Waals surface area contributed by atoms with E-state index < -0.39 is 24.1 Å². The van der Waals surface area contributed by atoms with E-state index in [9.17, 15) is 19.2 Å². The number of likely N-dealkylation sites (tertiary alicyclic amines) is 2. The van der Waals surface area contributed by atoms with Crippen LogP contribution < -0.4 is 10.6 Å². The number of piperidine rings is 1. The molecule has 6 atom stereocenters. The van der Waals surface area contributed by atoms with Gasteiger partial charge in [-0.1, -0.05) is 58.0 Å². The number of carbonyl (C=O) groups excluding carboxylic acids is 4. The highest BCUT2D eigenvalue weighted by atomic mass is 19.3. The number of hydrogen-bond donors (Lipinski definition) is 4. The first-order chi connectivity index (χ1) is 30.2. The SMILES string of the molecule is COC(=O)NC(C(=O)N1C2CCC(C2)C1c1nc2ccc(-c3ccc4c(c3)C(F)(F)c3cc(-c5cnc(C6CC7(CC7)CN6C(=O)C(NC=O)C(C)C)[nH]5)ccc3-4)cc2[nH]1)C(C)C. The number of aromatic amines is 2. The summed E-state index contributed by atoms with van der Waals surface area (Å²) < 4.78 is 38.1. The number of nitrogens with one attached hydrogen (secondary N) is 4. The van der Waals surface area contributed by atoms with Crippen LogP contribution in [-0.2, 0) is 25.0 Å². The van der Waals surface area contributed by atoms with Gasteiger partial charge in [-0.15, -0.1) is 0 Å². The molecular weight excluding hydrogens is 807 g/mol. The number of nitrogens with zero attached hydrogens (tertiary/aromatic N) is 4. The molecular formula is C48H52F2N8O5. The highest BCUT2D eigenvalue weighted by Gasteiger charge is 2.55. The van der Waals surface area contributed by atoms with Crippen LogP contribution in [0.1, 0.15) is 101 Å². The maximum Gasteiger partial charge on any atom is 0.407 e. The van der Waals surface area contributed by atoms with Gasteiger partial charge < -0.3 is 35.1 Å². The van der Waals surface area contributed by atoms with Crippen molar-refractivity contribution in [3.05, 3.63) is 83.6 Å². The van der Waals surface area contributed by atoms with Gasteiger partial charge in [0.05, 0.1) is 42.1 Å². The minimum Gasteiger partial charge on any atom is -0.453 e. The van der Waals surface area contributed by atoms with Crippen molar-refractivity contribution in [2.45, 2.75) is 102 Å². The first kappa shape index (κ1) is 40.9. The van der Waals surface area contributed by atoms with Gasteiger partial charge in [-0.05, 0) is 108 Å². The molecule has 5 aliphatic rings. The highest BCUT2D eigenvalue weighted by Crippen LogP contribution is 2.59. The van der Waals surface area contributed by atoms with Gasteiger partial charge in [-0.25, -0.2) is 14.8 Å². The molecule has 0 radical (unpaired) electrons. The van der Waals surface area contributed by atoms with Crippen LogP contribution in [0.15, 0.2) is 60.8 Å². The van der Waals surface area contributed by atoms with Gasteiger partial charge in [0.2, 0.25) is 18.2 Å². The fourth-order valence-electron chi connectivity index (χ4n) is 11.0. The highest BCUT2D eigenvalue weighted by molar-refractivity contribution is 5.89. The van der Waals surface area contributed by atoms with Crippen LogP contribution in [0.4, 0.5) is 13.6 Å². The maximum absolute atomic E-state index is 16.6. The third-order valence-corrected chi connectivity index (χ3v) is 14.5. The van der Waals surface area contributed by atoms with Crippen molar-refractivity contribution < 1.29 is 32.7 Å². The number of amides is 4. The molecule has 4 amide bonds. The van der Waals surface area contributed by atoms with Gasteiger partial charge in [0.1, 0.15) is 23.7 Å². The van der Waals surface area contributed by atoms with Crippen LogP contribution in [0, 0.1) is 23.2 Å². The second kappa shape index (κ2) is 15.0. The largest absolute Gasteiger partial charge is 0.453 e. The molecule has 6 unspecified atom stereocenters. The van der Waals surface area contributed by atoms with Crippen molar-refractivity contribution in [2.24, 2.45) is 23.2 Å². The van der Waals surface area contributed by atoms with Crippen LogP contribution in [0.5, 0.6) is 0 Å². The van der Waals surface area contributed by atoms with Crippen molar-refractivity contribution in [1.29, 1.82) is 0 Å². The van der Waals surface area contributed by atoms with E-state index in [1.165, 1.54) is 13.2 Å². The Bertz CT molecular complexity index is 2670. The zero-order chi connectivity index (χ0) is 44.1. The number of ether oxygens (including phenoxy) is 1. The zero-order valence-corrected chi connectivity index (χ0v) is 36.0. The lowest BCUT2D eigenvalue weighted by Crippen LogP contribution is -2.54. The van der Waals surface area contributed by atoms with Crippen LogP contribution in [0.2, 0.25) is 0 Å². The summed E-state index contributed by atoms with van der Waals surface area (Å²) in [6.07, 6.45) is 7.09. The van der Waals surface area contributed by atoms with Crippen molar-refractivity contribution in [3.63, 3.8) is 0 Å². The lowest BCUT2D eigenvalue weighted by molar-refractivity contribution is -0.139. The fourth-order valence-corrected chi connectivity index (χ4v) is 11.0. The van der Waals surface area contributed by atoms with E-state index >= 15 is 8.78 Å². The monoisotopic (exact) mass is 858 g/mol. The molecule has 4 heterocycles. The van der Waals surface area contributed by atoms with E-state index in [4.69, 9.17) is 9.72 Å². The number of hydrogen-bond acceptors (Lipinski definition) is 7. The Morgan fingerprint density at radius 3 is 2.24 bits per heavy atom. The average molecular weight is 859 g/mol. The number of H-pyrrole nitrogens is 2. The van der Waals surface area contributed by atoms with E-state index in [2.05, 4.69) is 25.6 Å². The molecule has 1 spiro atoms. The molecule has 4 N–H and O–H groups in total. The summed E-state index contributed by atoms with van der Waals surface area (Å²) in [4.78, 5) is 71.6. The van der Waals surface area contributed by atoms with E-state index in [-0.39, 0.29) is 64.2 Å². The summed E-state index contributed by atoms with van der Waals surface area (Å²) in [5.74, 6) is -2.33. The molecule has 3 aliphatic carbocycles. The summed E-state index contributed by atoms with van der Waals surface area (Å²) >= 11 is 0. The van der Waals surface area contributed by atoms with Gasteiger partial charge in [0, 0.05) is 29.3 Å². The molecule has 2 saturated carbocycles. The van der Waals surface area contributed by atoms with Gasteiger partial charge in [0.15, 0.2) is 0 Å². The minimum absolute atomic E-state index is 0.0478. The zero-order valence-electron chi connectivity index (χ0n) is 36.0. The van der Waals surface area contributed by atoms with E-state index in [0.717, 1.165) is 49.6 Å². The summed E-state index contributed by atoms with van der Waals surface area (Å²) in [7, 11) is 1.28. The number of benzene rings is 3. The average Bonchev–Trinajstić information content (AvgIpc) is 3.93.